The highest BCUT2D eigenvalue weighted by molar-refractivity contribution is 9.10. The summed E-state index contributed by atoms with van der Waals surface area (Å²) < 4.78 is 1.77. The summed E-state index contributed by atoms with van der Waals surface area (Å²) in [4.78, 5) is 23.0. The molecule has 8 heteroatoms. The van der Waals surface area contributed by atoms with Crippen LogP contribution in [-0.4, -0.2) is 17.0 Å². The highest BCUT2D eigenvalue weighted by atomic mass is 79.9. The fourth-order valence-corrected chi connectivity index (χ4v) is 4.33. The molecule has 0 saturated heterocycles. The first-order valence-electron chi connectivity index (χ1n) is 6.99. The first-order valence-corrected chi connectivity index (χ1v) is 10.3. The van der Waals surface area contributed by atoms with Crippen LogP contribution in [0.5, 0.6) is 0 Å². The van der Waals surface area contributed by atoms with E-state index in [1.807, 2.05) is 41.8 Å². The van der Waals surface area contributed by atoms with Gasteiger partial charge in [-0.1, -0.05) is 30.3 Å². The van der Waals surface area contributed by atoms with E-state index in [2.05, 4.69) is 37.2 Å². The summed E-state index contributed by atoms with van der Waals surface area (Å²) in [6, 6.07) is 13.3. The van der Waals surface area contributed by atoms with Gasteiger partial charge in [0.25, 0.3) is 5.91 Å². The van der Waals surface area contributed by atoms with Gasteiger partial charge in [0.05, 0.1) is 4.88 Å². The van der Waals surface area contributed by atoms with Crippen LogP contribution in [0.25, 0.3) is 0 Å². The highest BCUT2D eigenvalue weighted by Gasteiger charge is 2.07. The van der Waals surface area contributed by atoms with Gasteiger partial charge in [-0.25, -0.2) is 4.79 Å². The van der Waals surface area contributed by atoms with Crippen molar-refractivity contribution >= 4 is 66.4 Å². The predicted octanol–water partition coefficient (Wildman–Crippen LogP) is 5.65. The largest absolute Gasteiger partial charge is 0.477 e. The molecule has 2 aromatic heterocycles. The average Bonchev–Trinajstić information content (AvgIpc) is 3.23. The number of carboxylic acids is 1. The summed E-state index contributed by atoms with van der Waals surface area (Å²) in [6.07, 6.45) is 0. The Labute approximate surface area is 169 Å². The van der Waals surface area contributed by atoms with Gasteiger partial charge >= 0.3 is 5.97 Å². The van der Waals surface area contributed by atoms with Crippen LogP contribution < -0.4 is 5.32 Å². The Bertz CT molecular complexity index is 846. The molecule has 4 nitrogen and oxygen atoms in total. The van der Waals surface area contributed by atoms with Crippen molar-refractivity contribution in [1.82, 2.24) is 5.32 Å². The van der Waals surface area contributed by atoms with Crippen molar-refractivity contribution < 1.29 is 14.7 Å². The molecule has 1 amide bonds. The maximum Gasteiger partial charge on any atom is 0.345 e. The fourth-order valence-electron chi connectivity index (χ4n) is 1.72. The Morgan fingerprint density at radius 2 is 1.52 bits per heavy atom. The normalized spacial score (nSPS) is 9.84. The van der Waals surface area contributed by atoms with E-state index >= 15 is 0 Å². The Morgan fingerprint density at radius 3 is 1.96 bits per heavy atom. The standard InChI is InChI=1S/C12H10BrNOS.C5H3BrO2S/c13-10-6-11(16-8-10)12(15)14-7-9-4-2-1-3-5-9;6-3-1-4(5(7)8)9-2-3/h1-6,8H,7H2,(H,14,15);1-2H,(H,7,8). The van der Waals surface area contributed by atoms with Crippen LogP contribution in [0.2, 0.25) is 0 Å². The molecule has 0 aliphatic heterocycles. The number of carboxylic acid groups (broad SMARTS) is 1. The Morgan fingerprint density at radius 1 is 0.960 bits per heavy atom. The minimum absolute atomic E-state index is 0.0282. The lowest BCUT2D eigenvalue weighted by Crippen LogP contribution is -2.21. The molecular formula is C17H13Br2NO3S2. The minimum Gasteiger partial charge on any atom is -0.477 e. The molecule has 2 N–H and O–H groups in total. The Hall–Kier alpha value is -1.48. The van der Waals surface area contributed by atoms with E-state index in [0.717, 1.165) is 19.4 Å². The van der Waals surface area contributed by atoms with E-state index in [1.165, 1.54) is 22.7 Å². The minimum atomic E-state index is -0.870. The number of aromatic carboxylic acids is 1. The maximum absolute atomic E-state index is 11.7. The monoisotopic (exact) mass is 501 g/mol. The lowest BCUT2D eigenvalue weighted by atomic mass is 10.2. The number of hydrogen-bond donors (Lipinski definition) is 2. The summed E-state index contributed by atoms with van der Waals surface area (Å²) in [6.45, 7) is 0.565. The van der Waals surface area contributed by atoms with Crippen molar-refractivity contribution in [1.29, 1.82) is 0 Å². The zero-order valence-electron chi connectivity index (χ0n) is 12.7. The van der Waals surface area contributed by atoms with Crippen molar-refractivity contribution in [3.05, 3.63) is 77.5 Å². The first kappa shape index (κ1) is 19.8. The Balaban J connectivity index is 0.000000212. The average molecular weight is 503 g/mol. The molecule has 0 radical (unpaired) electrons. The first-order chi connectivity index (χ1) is 12.0. The summed E-state index contributed by atoms with van der Waals surface area (Å²) >= 11 is 9.12. The molecule has 0 bridgehead atoms. The third-order valence-electron chi connectivity index (χ3n) is 2.87. The number of thiophene rings is 2. The second-order valence-corrected chi connectivity index (χ2v) is 8.39. The third-order valence-corrected chi connectivity index (χ3v) is 6.23. The number of carbonyl (C=O) groups is 2. The molecule has 0 unspecified atom stereocenters. The molecule has 3 rings (SSSR count). The molecule has 0 saturated carbocycles. The van der Waals surface area contributed by atoms with E-state index in [0.29, 0.717) is 11.4 Å². The van der Waals surface area contributed by atoms with Gasteiger partial charge < -0.3 is 10.4 Å². The number of rotatable bonds is 4. The number of halogens is 2. The van der Waals surface area contributed by atoms with E-state index in [-0.39, 0.29) is 5.91 Å². The lowest BCUT2D eigenvalue weighted by Gasteiger charge is -2.02. The van der Waals surface area contributed by atoms with Crippen LogP contribution in [-0.2, 0) is 6.54 Å². The summed E-state index contributed by atoms with van der Waals surface area (Å²) in [5.74, 6) is -0.898. The molecule has 130 valence electrons. The van der Waals surface area contributed by atoms with Crippen LogP contribution in [0, 0.1) is 0 Å². The summed E-state index contributed by atoms with van der Waals surface area (Å²) in [5.41, 5.74) is 1.10. The maximum atomic E-state index is 11.7. The van der Waals surface area contributed by atoms with Crippen molar-refractivity contribution in [2.45, 2.75) is 6.54 Å². The second kappa shape index (κ2) is 9.86. The van der Waals surface area contributed by atoms with Gasteiger partial charge in [-0.3, -0.25) is 4.79 Å². The molecule has 0 fully saturated rings. The number of benzene rings is 1. The number of amides is 1. The third kappa shape index (κ3) is 6.74. The van der Waals surface area contributed by atoms with Gasteiger partial charge in [0.1, 0.15) is 4.88 Å². The predicted molar refractivity (Wildman–Crippen MR) is 109 cm³/mol. The van der Waals surface area contributed by atoms with Gasteiger partial charge in [-0.15, -0.1) is 22.7 Å². The molecule has 0 atom stereocenters. The molecule has 0 spiro atoms. The number of hydrogen-bond acceptors (Lipinski definition) is 4. The van der Waals surface area contributed by atoms with Gasteiger partial charge in [0, 0.05) is 26.3 Å². The molecule has 1 aromatic carbocycles. The van der Waals surface area contributed by atoms with Gasteiger partial charge in [-0.05, 0) is 49.6 Å². The SMILES string of the molecule is O=C(NCc1ccccc1)c1cc(Br)cs1.O=C(O)c1cc(Br)cs1. The molecule has 0 aliphatic carbocycles. The van der Waals surface area contributed by atoms with Gasteiger partial charge in [0.2, 0.25) is 0 Å². The highest BCUT2D eigenvalue weighted by Crippen LogP contribution is 2.20. The zero-order chi connectivity index (χ0) is 18.2. The van der Waals surface area contributed by atoms with Crippen molar-refractivity contribution in [2.24, 2.45) is 0 Å². The van der Waals surface area contributed by atoms with Crippen LogP contribution in [0.4, 0.5) is 0 Å². The van der Waals surface area contributed by atoms with Crippen LogP contribution in [0.1, 0.15) is 24.9 Å². The molecule has 0 aliphatic rings. The summed E-state index contributed by atoms with van der Waals surface area (Å²) in [7, 11) is 0. The molecular weight excluding hydrogens is 490 g/mol. The molecule has 3 aromatic rings. The Kier molecular flexibility index (Phi) is 7.83. The quantitative estimate of drug-likeness (QED) is 0.484. The fraction of sp³-hybridized carbons (Fsp3) is 0.0588. The number of carbonyl (C=O) groups excluding carboxylic acids is 1. The van der Waals surface area contributed by atoms with Crippen LogP contribution in [0.3, 0.4) is 0 Å². The smallest absolute Gasteiger partial charge is 0.345 e. The van der Waals surface area contributed by atoms with E-state index in [9.17, 15) is 9.59 Å². The van der Waals surface area contributed by atoms with E-state index in [1.54, 1.807) is 11.4 Å². The van der Waals surface area contributed by atoms with E-state index in [4.69, 9.17) is 5.11 Å². The topological polar surface area (TPSA) is 66.4 Å². The van der Waals surface area contributed by atoms with Crippen LogP contribution >= 0.6 is 54.5 Å². The zero-order valence-corrected chi connectivity index (χ0v) is 17.5. The van der Waals surface area contributed by atoms with E-state index < -0.39 is 5.97 Å². The van der Waals surface area contributed by atoms with Crippen molar-refractivity contribution in [3.63, 3.8) is 0 Å². The van der Waals surface area contributed by atoms with Gasteiger partial charge in [0.15, 0.2) is 0 Å². The van der Waals surface area contributed by atoms with Crippen LogP contribution in [0.15, 0.2) is 62.2 Å². The number of nitrogens with one attached hydrogen (secondary N) is 1. The van der Waals surface area contributed by atoms with Crippen molar-refractivity contribution in [2.75, 3.05) is 0 Å². The lowest BCUT2D eigenvalue weighted by molar-refractivity contribution is 0.0702. The molecule has 2 heterocycles. The van der Waals surface area contributed by atoms with Gasteiger partial charge in [-0.2, -0.15) is 0 Å². The second-order valence-electron chi connectivity index (χ2n) is 4.73. The summed E-state index contributed by atoms with van der Waals surface area (Å²) in [5, 5.41) is 14.9. The van der Waals surface area contributed by atoms with Crippen molar-refractivity contribution in [3.8, 4) is 0 Å². The molecule has 25 heavy (non-hydrogen) atoms.